The maximum absolute atomic E-state index is 10.0. The van der Waals surface area contributed by atoms with Crippen LogP contribution in [0.2, 0.25) is 0 Å². The van der Waals surface area contributed by atoms with Crippen molar-refractivity contribution in [3.05, 3.63) is 77.5 Å². The van der Waals surface area contributed by atoms with Gasteiger partial charge < -0.3 is 14.3 Å². The average Bonchev–Trinajstić information content (AvgIpc) is 3.01. The van der Waals surface area contributed by atoms with Crippen molar-refractivity contribution >= 4 is 0 Å². The summed E-state index contributed by atoms with van der Waals surface area (Å²) in [5, 5.41) is 10.0. The van der Waals surface area contributed by atoms with Crippen LogP contribution in [0.4, 0.5) is 0 Å². The van der Waals surface area contributed by atoms with Crippen molar-refractivity contribution in [3.63, 3.8) is 0 Å². The van der Waals surface area contributed by atoms with Gasteiger partial charge in [0.25, 0.3) is 0 Å². The Labute approximate surface area is 147 Å². The zero-order chi connectivity index (χ0) is 17.6. The zero-order valence-corrected chi connectivity index (χ0v) is 14.5. The Kier molecular flexibility index (Phi) is 5.36. The molecule has 5 nitrogen and oxygen atoms in total. The predicted molar refractivity (Wildman–Crippen MR) is 95.3 cm³/mol. The third-order valence-corrected chi connectivity index (χ3v) is 3.94. The topological polar surface area (TPSA) is 58.7 Å². The summed E-state index contributed by atoms with van der Waals surface area (Å²) in [4.78, 5) is 6.63. The first-order valence-corrected chi connectivity index (χ1v) is 8.17. The van der Waals surface area contributed by atoms with Gasteiger partial charge in [-0.25, -0.2) is 0 Å². The van der Waals surface area contributed by atoms with Crippen molar-refractivity contribution in [1.82, 2.24) is 9.88 Å². The van der Waals surface area contributed by atoms with Gasteiger partial charge in [0.15, 0.2) is 11.5 Å². The summed E-state index contributed by atoms with van der Waals surface area (Å²) in [6, 6.07) is 15.3. The second kappa shape index (κ2) is 7.85. The molecule has 0 aliphatic heterocycles. The lowest BCUT2D eigenvalue weighted by Gasteiger charge is -2.21. The number of aryl methyl sites for hydroxylation is 1. The van der Waals surface area contributed by atoms with Crippen molar-refractivity contribution in [1.29, 1.82) is 0 Å². The molecule has 1 N–H and O–H groups in total. The monoisotopic (exact) mass is 338 g/mol. The smallest absolute Gasteiger partial charge is 0.160 e. The van der Waals surface area contributed by atoms with Gasteiger partial charge in [-0.15, -0.1) is 0 Å². The van der Waals surface area contributed by atoms with Crippen molar-refractivity contribution in [2.24, 2.45) is 0 Å². The van der Waals surface area contributed by atoms with Gasteiger partial charge in [-0.05, 0) is 48.9 Å². The number of furan rings is 1. The van der Waals surface area contributed by atoms with Crippen LogP contribution < -0.4 is 4.74 Å². The van der Waals surface area contributed by atoms with E-state index in [2.05, 4.69) is 9.88 Å². The normalized spacial score (nSPS) is 11.0. The number of methoxy groups -OCH3 is 1. The standard InChI is InChI=1S/C20H22N2O3/c1-15-6-8-18(25-15)14-22(13-17-5-3-4-10-21-17)12-16-7-9-20(24-2)19(23)11-16/h3-11,23H,12-14H2,1-2H3. The van der Waals surface area contributed by atoms with Gasteiger partial charge in [-0.2, -0.15) is 0 Å². The summed E-state index contributed by atoms with van der Waals surface area (Å²) in [6.45, 7) is 3.95. The van der Waals surface area contributed by atoms with Crippen LogP contribution >= 0.6 is 0 Å². The fraction of sp³-hybridized carbons (Fsp3) is 0.250. The molecule has 2 aromatic heterocycles. The van der Waals surface area contributed by atoms with Gasteiger partial charge >= 0.3 is 0 Å². The number of aromatic nitrogens is 1. The van der Waals surface area contributed by atoms with E-state index < -0.39 is 0 Å². The number of phenols is 1. The molecule has 0 aliphatic carbocycles. The van der Waals surface area contributed by atoms with E-state index in [1.54, 1.807) is 25.4 Å². The Morgan fingerprint density at radius 2 is 1.96 bits per heavy atom. The molecule has 2 heterocycles. The number of hydrogen-bond acceptors (Lipinski definition) is 5. The number of ether oxygens (including phenoxy) is 1. The van der Waals surface area contributed by atoms with Crippen LogP contribution in [0.1, 0.15) is 22.8 Å². The highest BCUT2D eigenvalue weighted by Crippen LogP contribution is 2.27. The average molecular weight is 338 g/mol. The molecule has 5 heteroatoms. The van der Waals surface area contributed by atoms with Crippen LogP contribution in [-0.4, -0.2) is 22.1 Å². The van der Waals surface area contributed by atoms with E-state index in [-0.39, 0.29) is 5.75 Å². The van der Waals surface area contributed by atoms with E-state index in [1.807, 2.05) is 43.3 Å². The van der Waals surface area contributed by atoms with E-state index in [9.17, 15) is 5.11 Å². The summed E-state index contributed by atoms with van der Waals surface area (Å²) in [5.41, 5.74) is 1.99. The Morgan fingerprint density at radius 1 is 1.08 bits per heavy atom. The molecule has 0 atom stereocenters. The van der Waals surface area contributed by atoms with Gasteiger partial charge in [0.2, 0.25) is 0 Å². The number of benzene rings is 1. The predicted octanol–water partition coefficient (Wildman–Crippen LogP) is 3.90. The number of phenolic OH excluding ortho intramolecular Hbond substituents is 1. The number of nitrogens with zero attached hydrogens (tertiary/aromatic N) is 2. The fourth-order valence-electron chi connectivity index (χ4n) is 2.77. The minimum absolute atomic E-state index is 0.145. The molecule has 0 amide bonds. The van der Waals surface area contributed by atoms with E-state index >= 15 is 0 Å². The Bertz CT molecular complexity index is 815. The quantitative estimate of drug-likeness (QED) is 0.708. The first kappa shape index (κ1) is 17.0. The third-order valence-electron chi connectivity index (χ3n) is 3.94. The van der Waals surface area contributed by atoms with Gasteiger partial charge in [0.1, 0.15) is 11.5 Å². The Hall–Kier alpha value is -2.79. The number of hydrogen-bond donors (Lipinski definition) is 1. The summed E-state index contributed by atoms with van der Waals surface area (Å²) in [7, 11) is 1.54. The van der Waals surface area contributed by atoms with Gasteiger partial charge in [0.05, 0.1) is 19.3 Å². The van der Waals surface area contributed by atoms with Crippen LogP contribution in [0, 0.1) is 6.92 Å². The first-order chi connectivity index (χ1) is 12.1. The van der Waals surface area contributed by atoms with Crippen LogP contribution in [-0.2, 0) is 19.6 Å². The maximum Gasteiger partial charge on any atom is 0.160 e. The van der Waals surface area contributed by atoms with Crippen molar-refractivity contribution < 1.29 is 14.3 Å². The minimum atomic E-state index is 0.145. The van der Waals surface area contributed by atoms with E-state index in [1.165, 1.54) is 0 Å². The highest BCUT2D eigenvalue weighted by atomic mass is 16.5. The molecule has 1 aromatic carbocycles. The molecule has 0 radical (unpaired) electrons. The van der Waals surface area contributed by atoms with E-state index in [4.69, 9.17) is 9.15 Å². The molecular formula is C20H22N2O3. The molecule has 130 valence electrons. The van der Waals surface area contributed by atoms with Crippen molar-refractivity contribution in [2.75, 3.05) is 7.11 Å². The minimum Gasteiger partial charge on any atom is -0.504 e. The van der Waals surface area contributed by atoms with E-state index in [0.717, 1.165) is 22.8 Å². The third kappa shape index (κ3) is 4.61. The van der Waals surface area contributed by atoms with Crippen molar-refractivity contribution in [3.8, 4) is 11.5 Å². The van der Waals surface area contributed by atoms with Gasteiger partial charge in [0, 0.05) is 19.3 Å². The highest BCUT2D eigenvalue weighted by Gasteiger charge is 2.12. The molecule has 0 unspecified atom stereocenters. The molecule has 0 fully saturated rings. The molecule has 0 saturated carbocycles. The maximum atomic E-state index is 10.0. The molecule has 0 saturated heterocycles. The van der Waals surface area contributed by atoms with Crippen molar-refractivity contribution in [2.45, 2.75) is 26.6 Å². The van der Waals surface area contributed by atoms with E-state index in [0.29, 0.717) is 25.4 Å². The van der Waals surface area contributed by atoms with Crippen LogP contribution in [0.15, 0.2) is 59.1 Å². The lowest BCUT2D eigenvalue weighted by atomic mass is 10.1. The molecule has 3 rings (SSSR count). The van der Waals surface area contributed by atoms with Crippen LogP contribution in [0.5, 0.6) is 11.5 Å². The number of pyridine rings is 1. The Balaban J connectivity index is 1.78. The molecule has 0 spiro atoms. The summed E-state index contributed by atoms with van der Waals surface area (Å²) >= 11 is 0. The molecule has 0 bridgehead atoms. The molecule has 25 heavy (non-hydrogen) atoms. The fourth-order valence-corrected chi connectivity index (χ4v) is 2.77. The van der Waals surface area contributed by atoms with Gasteiger partial charge in [-0.3, -0.25) is 9.88 Å². The molecule has 3 aromatic rings. The number of aromatic hydroxyl groups is 1. The summed E-state index contributed by atoms with van der Waals surface area (Å²) < 4.78 is 10.8. The largest absolute Gasteiger partial charge is 0.504 e. The lowest BCUT2D eigenvalue weighted by Crippen LogP contribution is -2.22. The molecule has 0 aliphatic rings. The second-order valence-electron chi connectivity index (χ2n) is 5.98. The summed E-state index contributed by atoms with van der Waals surface area (Å²) in [5.74, 6) is 2.43. The lowest BCUT2D eigenvalue weighted by molar-refractivity contribution is 0.222. The van der Waals surface area contributed by atoms with Crippen LogP contribution in [0.25, 0.3) is 0 Å². The Morgan fingerprint density at radius 3 is 2.60 bits per heavy atom. The first-order valence-electron chi connectivity index (χ1n) is 8.17. The zero-order valence-electron chi connectivity index (χ0n) is 14.5. The highest BCUT2D eigenvalue weighted by molar-refractivity contribution is 5.41. The molecular weight excluding hydrogens is 316 g/mol. The second-order valence-corrected chi connectivity index (χ2v) is 5.98. The SMILES string of the molecule is COc1ccc(CN(Cc2ccccn2)Cc2ccc(C)o2)cc1O. The number of rotatable bonds is 7. The van der Waals surface area contributed by atoms with Crippen LogP contribution in [0.3, 0.4) is 0 Å². The summed E-state index contributed by atoms with van der Waals surface area (Å²) in [6.07, 6.45) is 1.80. The van der Waals surface area contributed by atoms with Gasteiger partial charge in [-0.1, -0.05) is 12.1 Å².